The van der Waals surface area contributed by atoms with Crippen LogP contribution in [0.2, 0.25) is 0 Å². The van der Waals surface area contributed by atoms with Crippen molar-refractivity contribution < 1.29 is 9.53 Å². The third kappa shape index (κ3) is 4.64. The minimum Gasteiger partial charge on any atom is -0.497 e. The third-order valence-corrected chi connectivity index (χ3v) is 6.49. The van der Waals surface area contributed by atoms with Crippen LogP contribution < -0.4 is 4.74 Å². The minimum atomic E-state index is 0.152. The molecule has 2 atom stereocenters. The molecule has 0 aromatic heterocycles. The van der Waals surface area contributed by atoms with Gasteiger partial charge in [-0.1, -0.05) is 36.2 Å². The van der Waals surface area contributed by atoms with Crippen LogP contribution in [0.15, 0.2) is 48.5 Å². The first-order chi connectivity index (χ1) is 14.1. The number of carbonyl (C=O) groups excluding carboxylic acids is 1. The maximum atomic E-state index is 13.2. The Labute approximate surface area is 174 Å². The summed E-state index contributed by atoms with van der Waals surface area (Å²) in [4.78, 5) is 17.8. The standard InChI is InChI=1S/C25H32N2O2/c1-19-9-11-20(12-10-19)25(28)27-17-22(16-26-13-4-3-5-14-26)24(18-27)21-7-6-8-23(15-21)29-2/h6-12,15,22,24H,3-5,13-14,16-18H2,1-2H3/t22-,24+/m0/s1. The van der Waals surface area contributed by atoms with E-state index >= 15 is 0 Å². The highest BCUT2D eigenvalue weighted by molar-refractivity contribution is 5.94. The molecule has 0 saturated carbocycles. The molecule has 0 spiro atoms. The Balaban J connectivity index is 1.55. The van der Waals surface area contributed by atoms with E-state index in [0.717, 1.165) is 30.9 Å². The van der Waals surface area contributed by atoms with Gasteiger partial charge in [-0.15, -0.1) is 0 Å². The molecule has 4 rings (SSSR count). The summed E-state index contributed by atoms with van der Waals surface area (Å²) in [6, 6.07) is 16.3. The lowest BCUT2D eigenvalue weighted by Crippen LogP contribution is -2.36. The summed E-state index contributed by atoms with van der Waals surface area (Å²) in [6.45, 7) is 7.10. The van der Waals surface area contributed by atoms with Crippen LogP contribution in [0.4, 0.5) is 0 Å². The number of amides is 1. The number of piperidine rings is 1. The average Bonchev–Trinajstić information content (AvgIpc) is 3.18. The molecule has 2 fully saturated rings. The number of nitrogens with zero attached hydrogens (tertiary/aromatic N) is 2. The molecule has 154 valence electrons. The maximum absolute atomic E-state index is 13.2. The topological polar surface area (TPSA) is 32.8 Å². The second-order valence-electron chi connectivity index (χ2n) is 8.58. The molecule has 0 unspecified atom stereocenters. The number of aryl methyl sites for hydroxylation is 1. The smallest absolute Gasteiger partial charge is 0.253 e. The van der Waals surface area contributed by atoms with Gasteiger partial charge in [0, 0.05) is 31.1 Å². The van der Waals surface area contributed by atoms with Crippen molar-refractivity contribution in [2.45, 2.75) is 32.1 Å². The summed E-state index contributed by atoms with van der Waals surface area (Å²) in [6.07, 6.45) is 3.93. The normalized spacial score (nSPS) is 22.6. The Morgan fingerprint density at radius 1 is 1.03 bits per heavy atom. The summed E-state index contributed by atoms with van der Waals surface area (Å²) < 4.78 is 5.46. The van der Waals surface area contributed by atoms with Crippen LogP contribution in [0.25, 0.3) is 0 Å². The van der Waals surface area contributed by atoms with Crippen LogP contribution in [-0.2, 0) is 0 Å². The van der Waals surface area contributed by atoms with E-state index in [4.69, 9.17) is 4.74 Å². The van der Waals surface area contributed by atoms with Crippen LogP contribution in [0.3, 0.4) is 0 Å². The molecule has 2 aromatic rings. The zero-order valence-electron chi connectivity index (χ0n) is 17.6. The summed E-state index contributed by atoms with van der Waals surface area (Å²) >= 11 is 0. The lowest BCUT2D eigenvalue weighted by atomic mass is 9.88. The van der Waals surface area contributed by atoms with E-state index in [-0.39, 0.29) is 5.91 Å². The quantitative estimate of drug-likeness (QED) is 0.759. The molecule has 0 N–H and O–H groups in total. The summed E-state index contributed by atoms with van der Waals surface area (Å²) in [5.74, 6) is 1.85. The van der Waals surface area contributed by atoms with Crippen LogP contribution in [-0.4, -0.2) is 55.5 Å². The summed E-state index contributed by atoms with van der Waals surface area (Å²) in [7, 11) is 1.71. The first-order valence-corrected chi connectivity index (χ1v) is 10.9. The van der Waals surface area contributed by atoms with Crippen molar-refractivity contribution in [3.8, 4) is 5.75 Å². The zero-order chi connectivity index (χ0) is 20.2. The lowest BCUT2D eigenvalue weighted by Gasteiger charge is -2.31. The highest BCUT2D eigenvalue weighted by Crippen LogP contribution is 2.36. The van der Waals surface area contributed by atoms with Gasteiger partial charge in [-0.05, 0) is 68.6 Å². The Bertz CT molecular complexity index is 827. The van der Waals surface area contributed by atoms with Crippen LogP contribution in [0, 0.1) is 12.8 Å². The molecule has 2 saturated heterocycles. The van der Waals surface area contributed by atoms with E-state index in [1.54, 1.807) is 7.11 Å². The van der Waals surface area contributed by atoms with E-state index in [1.165, 1.54) is 43.5 Å². The van der Waals surface area contributed by atoms with Crippen molar-refractivity contribution in [3.05, 3.63) is 65.2 Å². The van der Waals surface area contributed by atoms with E-state index in [2.05, 4.69) is 34.9 Å². The lowest BCUT2D eigenvalue weighted by molar-refractivity contribution is 0.0782. The van der Waals surface area contributed by atoms with Crippen LogP contribution in [0.5, 0.6) is 5.75 Å². The van der Waals surface area contributed by atoms with E-state index in [9.17, 15) is 4.79 Å². The van der Waals surface area contributed by atoms with Crippen molar-refractivity contribution >= 4 is 5.91 Å². The fraction of sp³-hybridized carbons (Fsp3) is 0.480. The maximum Gasteiger partial charge on any atom is 0.253 e. The number of hydrogen-bond donors (Lipinski definition) is 0. The van der Waals surface area contributed by atoms with Gasteiger partial charge in [0.1, 0.15) is 5.75 Å². The van der Waals surface area contributed by atoms with Gasteiger partial charge in [0.25, 0.3) is 5.91 Å². The number of methoxy groups -OCH3 is 1. The Morgan fingerprint density at radius 2 is 1.79 bits per heavy atom. The summed E-state index contributed by atoms with van der Waals surface area (Å²) in [5, 5.41) is 0. The molecule has 29 heavy (non-hydrogen) atoms. The monoisotopic (exact) mass is 392 g/mol. The number of rotatable bonds is 5. The van der Waals surface area contributed by atoms with Crippen LogP contribution in [0.1, 0.15) is 46.7 Å². The van der Waals surface area contributed by atoms with Crippen molar-refractivity contribution in [2.24, 2.45) is 5.92 Å². The first-order valence-electron chi connectivity index (χ1n) is 10.9. The number of carbonyl (C=O) groups is 1. The Hall–Kier alpha value is -2.33. The van der Waals surface area contributed by atoms with E-state index in [0.29, 0.717) is 11.8 Å². The van der Waals surface area contributed by atoms with Crippen molar-refractivity contribution in [1.82, 2.24) is 9.80 Å². The van der Waals surface area contributed by atoms with Crippen molar-refractivity contribution in [3.63, 3.8) is 0 Å². The highest BCUT2D eigenvalue weighted by Gasteiger charge is 2.37. The second-order valence-corrected chi connectivity index (χ2v) is 8.58. The molecule has 0 aliphatic carbocycles. The highest BCUT2D eigenvalue weighted by atomic mass is 16.5. The number of hydrogen-bond acceptors (Lipinski definition) is 3. The molecule has 2 aliphatic heterocycles. The van der Waals surface area contributed by atoms with Crippen molar-refractivity contribution in [1.29, 1.82) is 0 Å². The molecule has 0 radical (unpaired) electrons. The van der Waals surface area contributed by atoms with Crippen molar-refractivity contribution in [2.75, 3.05) is 39.8 Å². The van der Waals surface area contributed by atoms with Gasteiger partial charge in [0.15, 0.2) is 0 Å². The SMILES string of the molecule is COc1cccc([C@H]2CN(C(=O)c3ccc(C)cc3)C[C@@H]2CN2CCCCC2)c1. The Kier molecular flexibility index (Phi) is 6.19. The molecule has 2 aromatic carbocycles. The number of benzene rings is 2. The van der Waals surface area contributed by atoms with Gasteiger partial charge in [-0.25, -0.2) is 0 Å². The largest absolute Gasteiger partial charge is 0.497 e. The van der Waals surface area contributed by atoms with Gasteiger partial charge >= 0.3 is 0 Å². The molecular formula is C25H32N2O2. The molecule has 1 amide bonds. The fourth-order valence-corrected chi connectivity index (χ4v) is 4.82. The third-order valence-electron chi connectivity index (χ3n) is 6.49. The molecule has 2 heterocycles. The molecular weight excluding hydrogens is 360 g/mol. The van der Waals surface area contributed by atoms with E-state index in [1.807, 2.05) is 30.3 Å². The number of ether oxygens (including phenoxy) is 1. The van der Waals surface area contributed by atoms with Gasteiger partial charge in [0.05, 0.1) is 7.11 Å². The number of likely N-dealkylation sites (tertiary alicyclic amines) is 2. The summed E-state index contributed by atoms with van der Waals surface area (Å²) in [5.41, 5.74) is 3.25. The Morgan fingerprint density at radius 3 is 2.52 bits per heavy atom. The second kappa shape index (κ2) is 9.00. The van der Waals surface area contributed by atoms with Gasteiger partial charge < -0.3 is 14.5 Å². The zero-order valence-corrected chi connectivity index (χ0v) is 17.6. The van der Waals surface area contributed by atoms with E-state index < -0.39 is 0 Å². The predicted molar refractivity (Wildman–Crippen MR) is 117 cm³/mol. The predicted octanol–water partition coefficient (Wildman–Crippen LogP) is 4.35. The van der Waals surface area contributed by atoms with Gasteiger partial charge in [-0.3, -0.25) is 4.79 Å². The van der Waals surface area contributed by atoms with Gasteiger partial charge in [-0.2, -0.15) is 0 Å². The molecule has 4 heteroatoms. The first kappa shape index (κ1) is 20.0. The fourth-order valence-electron chi connectivity index (χ4n) is 4.82. The minimum absolute atomic E-state index is 0.152. The van der Waals surface area contributed by atoms with Gasteiger partial charge in [0.2, 0.25) is 0 Å². The molecule has 2 aliphatic rings. The molecule has 0 bridgehead atoms. The van der Waals surface area contributed by atoms with Crippen LogP contribution >= 0.6 is 0 Å². The average molecular weight is 393 g/mol. The molecule has 4 nitrogen and oxygen atoms in total.